The van der Waals surface area contributed by atoms with Crippen molar-refractivity contribution >= 4 is 11.6 Å². The van der Waals surface area contributed by atoms with Gasteiger partial charge in [0.25, 0.3) is 0 Å². The topological polar surface area (TPSA) is 22.1 Å². The summed E-state index contributed by atoms with van der Waals surface area (Å²) < 4.78 is 82.3. The molecule has 1 fully saturated rings. The molecular formula is C20H18ClF6NO. The highest BCUT2D eigenvalue weighted by Gasteiger charge is 2.34. The molecule has 1 aromatic heterocycles. The molecule has 1 aromatic carbocycles. The molecule has 2 aromatic rings. The molecule has 29 heavy (non-hydrogen) atoms. The van der Waals surface area contributed by atoms with Crippen molar-refractivity contribution in [2.45, 2.75) is 50.6 Å². The molecule has 0 saturated heterocycles. The van der Waals surface area contributed by atoms with Gasteiger partial charge in [0.05, 0.1) is 22.3 Å². The van der Waals surface area contributed by atoms with Crippen molar-refractivity contribution in [1.82, 2.24) is 4.98 Å². The van der Waals surface area contributed by atoms with E-state index in [1.165, 1.54) is 18.2 Å². The molecule has 9 heteroatoms. The lowest BCUT2D eigenvalue weighted by Gasteiger charge is -2.29. The highest BCUT2D eigenvalue weighted by Crippen LogP contribution is 2.38. The summed E-state index contributed by atoms with van der Waals surface area (Å²) in [6.45, 7) is 0. The first kappa shape index (κ1) is 21.7. The van der Waals surface area contributed by atoms with Gasteiger partial charge in [-0.3, -0.25) is 4.98 Å². The molecule has 0 spiro atoms. The molecule has 158 valence electrons. The number of rotatable bonds is 4. The SMILES string of the molecule is FC(F)(F)c1ccc(CC2CCC(Oc3ccc(Cl)c(C(F)(F)F)c3)CC2)nc1. The number of nitrogens with zero attached hydrogens (tertiary/aromatic N) is 1. The molecule has 0 amide bonds. The van der Waals surface area contributed by atoms with Crippen molar-refractivity contribution in [3.63, 3.8) is 0 Å². The molecular weight excluding hydrogens is 420 g/mol. The Bertz CT molecular complexity index is 826. The van der Waals surface area contributed by atoms with Crippen molar-refractivity contribution in [2.24, 2.45) is 5.92 Å². The van der Waals surface area contributed by atoms with Gasteiger partial charge in [-0.15, -0.1) is 0 Å². The molecule has 0 radical (unpaired) electrons. The monoisotopic (exact) mass is 437 g/mol. The van der Waals surface area contributed by atoms with Gasteiger partial charge in [-0.1, -0.05) is 11.6 Å². The molecule has 1 aliphatic carbocycles. The number of benzene rings is 1. The molecule has 1 saturated carbocycles. The maximum Gasteiger partial charge on any atom is 0.417 e. The zero-order chi connectivity index (χ0) is 21.2. The van der Waals surface area contributed by atoms with Gasteiger partial charge in [0.1, 0.15) is 5.75 Å². The summed E-state index contributed by atoms with van der Waals surface area (Å²) in [6, 6.07) is 5.89. The van der Waals surface area contributed by atoms with E-state index >= 15 is 0 Å². The van der Waals surface area contributed by atoms with E-state index in [9.17, 15) is 26.3 Å². The molecule has 0 atom stereocenters. The molecule has 0 bridgehead atoms. The second-order valence-corrected chi connectivity index (χ2v) is 7.55. The van der Waals surface area contributed by atoms with Crippen LogP contribution < -0.4 is 4.74 Å². The highest BCUT2D eigenvalue weighted by atomic mass is 35.5. The van der Waals surface area contributed by atoms with Crippen molar-refractivity contribution in [1.29, 1.82) is 0 Å². The zero-order valence-electron chi connectivity index (χ0n) is 15.2. The molecule has 0 unspecified atom stereocenters. The molecule has 1 aliphatic rings. The summed E-state index contributed by atoms with van der Waals surface area (Å²) in [5.41, 5.74) is -1.12. The van der Waals surface area contributed by atoms with E-state index in [4.69, 9.17) is 16.3 Å². The van der Waals surface area contributed by atoms with Crippen LogP contribution in [-0.2, 0) is 18.8 Å². The fraction of sp³-hybridized carbons (Fsp3) is 0.450. The molecule has 2 nitrogen and oxygen atoms in total. The summed E-state index contributed by atoms with van der Waals surface area (Å²) in [7, 11) is 0. The summed E-state index contributed by atoms with van der Waals surface area (Å²) >= 11 is 5.61. The summed E-state index contributed by atoms with van der Waals surface area (Å²) in [5, 5.41) is -0.377. The first-order chi connectivity index (χ1) is 13.5. The number of ether oxygens (including phenoxy) is 1. The van der Waals surface area contributed by atoms with Crippen LogP contribution in [0.4, 0.5) is 26.3 Å². The van der Waals surface area contributed by atoms with Gasteiger partial charge in [-0.05, 0) is 68.4 Å². The lowest BCUT2D eigenvalue weighted by atomic mass is 9.84. The van der Waals surface area contributed by atoms with Crippen LogP contribution in [-0.4, -0.2) is 11.1 Å². The van der Waals surface area contributed by atoms with Crippen molar-refractivity contribution in [2.75, 3.05) is 0 Å². The Morgan fingerprint density at radius 3 is 2.17 bits per heavy atom. The third kappa shape index (κ3) is 5.78. The third-order valence-corrected chi connectivity index (χ3v) is 5.32. The van der Waals surface area contributed by atoms with E-state index in [1.807, 2.05) is 0 Å². The van der Waals surface area contributed by atoms with Gasteiger partial charge >= 0.3 is 12.4 Å². The maximum absolute atomic E-state index is 12.9. The zero-order valence-corrected chi connectivity index (χ0v) is 15.9. The van der Waals surface area contributed by atoms with Crippen LogP contribution in [0.1, 0.15) is 42.5 Å². The lowest BCUT2D eigenvalue weighted by Crippen LogP contribution is -2.25. The minimum Gasteiger partial charge on any atom is -0.490 e. The number of halogens is 7. The molecule has 1 heterocycles. The number of hydrogen-bond donors (Lipinski definition) is 0. The van der Waals surface area contributed by atoms with E-state index < -0.39 is 23.5 Å². The Balaban J connectivity index is 1.53. The van der Waals surface area contributed by atoms with Crippen molar-refractivity contribution < 1.29 is 31.1 Å². The van der Waals surface area contributed by atoms with Crippen LogP contribution in [0.25, 0.3) is 0 Å². The molecule has 0 aliphatic heterocycles. The standard InChI is InChI=1S/C20H18ClF6NO/c21-18-8-7-16(10-17(18)20(25,26)27)29-15-5-1-12(2-6-15)9-14-4-3-13(11-28-14)19(22,23)24/h3-4,7-8,10-12,15H,1-2,5-6,9H2. The quantitative estimate of drug-likeness (QED) is 0.483. The normalized spacial score (nSPS) is 20.5. The summed E-state index contributed by atoms with van der Waals surface area (Å²) in [6.07, 6.45) is -4.97. The van der Waals surface area contributed by atoms with E-state index in [1.54, 1.807) is 0 Å². The number of aromatic nitrogens is 1. The second-order valence-electron chi connectivity index (χ2n) is 7.14. The van der Waals surface area contributed by atoms with E-state index in [0.717, 1.165) is 31.2 Å². The van der Waals surface area contributed by atoms with Crippen molar-refractivity contribution in [3.8, 4) is 5.75 Å². The minimum absolute atomic E-state index is 0.120. The predicted octanol–water partition coefficient (Wildman–Crippen LogP) is 6.95. The van der Waals surface area contributed by atoms with E-state index in [2.05, 4.69) is 4.98 Å². The number of alkyl halides is 6. The van der Waals surface area contributed by atoms with Crippen LogP contribution >= 0.6 is 11.6 Å². The van der Waals surface area contributed by atoms with Gasteiger partial charge in [0.15, 0.2) is 0 Å². The maximum atomic E-state index is 12.9. The van der Waals surface area contributed by atoms with Gasteiger partial charge in [-0.25, -0.2) is 0 Å². The van der Waals surface area contributed by atoms with Crippen LogP contribution in [0.2, 0.25) is 5.02 Å². The van der Waals surface area contributed by atoms with Crippen LogP contribution in [0.3, 0.4) is 0 Å². The Kier molecular flexibility index (Phi) is 6.31. The van der Waals surface area contributed by atoms with Gasteiger partial charge in [0.2, 0.25) is 0 Å². The average molecular weight is 438 g/mol. The summed E-state index contributed by atoms with van der Waals surface area (Å²) in [4.78, 5) is 3.90. The Morgan fingerprint density at radius 1 is 0.931 bits per heavy atom. The molecule has 3 rings (SSSR count). The van der Waals surface area contributed by atoms with E-state index in [0.29, 0.717) is 25.0 Å². The van der Waals surface area contributed by atoms with Crippen molar-refractivity contribution in [3.05, 3.63) is 58.4 Å². The first-order valence-electron chi connectivity index (χ1n) is 9.08. The average Bonchev–Trinajstić information content (AvgIpc) is 2.64. The van der Waals surface area contributed by atoms with Gasteiger partial charge in [0, 0.05) is 11.9 Å². The van der Waals surface area contributed by atoms with E-state index in [-0.39, 0.29) is 22.8 Å². The number of hydrogen-bond acceptors (Lipinski definition) is 2. The fourth-order valence-electron chi connectivity index (χ4n) is 3.45. The lowest BCUT2D eigenvalue weighted by molar-refractivity contribution is -0.138. The minimum atomic E-state index is -4.55. The second kappa shape index (κ2) is 8.42. The summed E-state index contributed by atoms with van der Waals surface area (Å²) in [5.74, 6) is 0.365. The highest BCUT2D eigenvalue weighted by molar-refractivity contribution is 6.31. The molecule has 0 N–H and O–H groups in total. The number of pyridine rings is 1. The van der Waals surface area contributed by atoms with Gasteiger partial charge in [-0.2, -0.15) is 26.3 Å². The fourth-order valence-corrected chi connectivity index (χ4v) is 3.67. The smallest absolute Gasteiger partial charge is 0.417 e. The van der Waals surface area contributed by atoms with Crippen LogP contribution in [0.5, 0.6) is 5.75 Å². The Hall–Kier alpha value is -1.96. The van der Waals surface area contributed by atoms with Crippen LogP contribution in [0.15, 0.2) is 36.5 Å². The predicted molar refractivity (Wildman–Crippen MR) is 95.8 cm³/mol. The van der Waals surface area contributed by atoms with Crippen LogP contribution in [0, 0.1) is 5.92 Å². The van der Waals surface area contributed by atoms with Gasteiger partial charge < -0.3 is 4.74 Å². The Morgan fingerprint density at radius 2 is 1.62 bits per heavy atom. The third-order valence-electron chi connectivity index (χ3n) is 4.99. The largest absolute Gasteiger partial charge is 0.490 e. The first-order valence-corrected chi connectivity index (χ1v) is 9.45. The Labute approximate surface area is 168 Å².